The lowest BCUT2D eigenvalue weighted by atomic mass is 9.99. The van der Waals surface area contributed by atoms with Crippen molar-refractivity contribution in [3.8, 4) is 0 Å². The van der Waals surface area contributed by atoms with Crippen LogP contribution in [0.5, 0.6) is 0 Å². The SMILES string of the molecule is C=C(C)C(C/C(C)=C/C)N(C)C(C)C. The summed E-state index contributed by atoms with van der Waals surface area (Å²) in [7, 11) is 2.17. The van der Waals surface area contributed by atoms with E-state index < -0.39 is 0 Å². The van der Waals surface area contributed by atoms with Crippen molar-refractivity contribution in [3.63, 3.8) is 0 Å². The first-order valence-corrected chi connectivity index (χ1v) is 5.39. The van der Waals surface area contributed by atoms with Crippen LogP contribution in [0.4, 0.5) is 0 Å². The van der Waals surface area contributed by atoms with E-state index in [9.17, 15) is 0 Å². The van der Waals surface area contributed by atoms with Crippen molar-refractivity contribution < 1.29 is 0 Å². The van der Waals surface area contributed by atoms with Gasteiger partial charge < -0.3 is 0 Å². The Balaban J connectivity index is 4.53. The maximum atomic E-state index is 4.08. The van der Waals surface area contributed by atoms with E-state index in [1.807, 2.05) is 0 Å². The van der Waals surface area contributed by atoms with Crippen molar-refractivity contribution in [2.75, 3.05) is 7.05 Å². The topological polar surface area (TPSA) is 3.24 Å². The summed E-state index contributed by atoms with van der Waals surface area (Å²) in [6, 6.07) is 1.05. The summed E-state index contributed by atoms with van der Waals surface area (Å²) in [5, 5.41) is 0. The van der Waals surface area contributed by atoms with Crippen LogP contribution in [0.25, 0.3) is 0 Å². The molecule has 1 heteroatoms. The maximum absolute atomic E-state index is 4.08. The second-order valence-electron chi connectivity index (χ2n) is 4.46. The van der Waals surface area contributed by atoms with Crippen molar-refractivity contribution in [2.45, 2.75) is 53.1 Å². The number of allylic oxidation sites excluding steroid dienone is 1. The van der Waals surface area contributed by atoms with Gasteiger partial charge in [0.05, 0.1) is 0 Å². The molecule has 14 heavy (non-hydrogen) atoms. The summed E-state index contributed by atoms with van der Waals surface area (Å²) in [5.74, 6) is 0. The van der Waals surface area contributed by atoms with Gasteiger partial charge in [-0.15, -0.1) is 0 Å². The van der Waals surface area contributed by atoms with Gasteiger partial charge in [0.25, 0.3) is 0 Å². The Hall–Kier alpha value is -0.560. The highest BCUT2D eigenvalue weighted by Crippen LogP contribution is 2.18. The lowest BCUT2D eigenvalue weighted by Crippen LogP contribution is -2.37. The first-order chi connectivity index (χ1) is 6.40. The first kappa shape index (κ1) is 13.4. The molecule has 0 spiro atoms. The van der Waals surface area contributed by atoms with E-state index in [0.717, 1.165) is 6.42 Å². The van der Waals surface area contributed by atoms with Crippen LogP contribution >= 0.6 is 0 Å². The summed E-state index contributed by atoms with van der Waals surface area (Å²) in [5.41, 5.74) is 2.69. The highest BCUT2D eigenvalue weighted by Gasteiger charge is 2.17. The van der Waals surface area contributed by atoms with Crippen molar-refractivity contribution in [1.82, 2.24) is 4.90 Å². The highest BCUT2D eigenvalue weighted by molar-refractivity contribution is 5.10. The average Bonchev–Trinajstić information content (AvgIpc) is 2.11. The van der Waals surface area contributed by atoms with Crippen molar-refractivity contribution in [3.05, 3.63) is 23.8 Å². The van der Waals surface area contributed by atoms with Crippen LogP contribution in [0.2, 0.25) is 0 Å². The molecule has 0 aromatic heterocycles. The molecular formula is C13H25N. The van der Waals surface area contributed by atoms with Crippen LogP contribution in [-0.4, -0.2) is 24.0 Å². The monoisotopic (exact) mass is 195 g/mol. The van der Waals surface area contributed by atoms with E-state index >= 15 is 0 Å². The fourth-order valence-electron chi connectivity index (χ4n) is 1.45. The van der Waals surface area contributed by atoms with Crippen molar-refractivity contribution in [2.24, 2.45) is 0 Å². The molecule has 0 heterocycles. The predicted octanol–water partition coefficient (Wildman–Crippen LogP) is 3.63. The summed E-state index contributed by atoms with van der Waals surface area (Å²) in [4.78, 5) is 2.38. The van der Waals surface area contributed by atoms with E-state index in [1.165, 1.54) is 11.1 Å². The van der Waals surface area contributed by atoms with Gasteiger partial charge in [-0.05, 0) is 48.1 Å². The second-order valence-corrected chi connectivity index (χ2v) is 4.46. The minimum atomic E-state index is 0.478. The lowest BCUT2D eigenvalue weighted by Gasteiger charge is -2.32. The van der Waals surface area contributed by atoms with Crippen LogP contribution in [0, 0.1) is 0 Å². The van der Waals surface area contributed by atoms with Gasteiger partial charge in [0.15, 0.2) is 0 Å². The first-order valence-electron chi connectivity index (χ1n) is 5.39. The van der Waals surface area contributed by atoms with Gasteiger partial charge in [-0.3, -0.25) is 4.90 Å². The van der Waals surface area contributed by atoms with Crippen molar-refractivity contribution >= 4 is 0 Å². The zero-order valence-electron chi connectivity index (χ0n) is 10.6. The predicted molar refractivity (Wildman–Crippen MR) is 65.5 cm³/mol. The smallest absolute Gasteiger partial charge is 0.0338 e. The summed E-state index contributed by atoms with van der Waals surface area (Å²) in [6.45, 7) is 14.9. The molecule has 0 aliphatic rings. The van der Waals surface area contributed by atoms with E-state index in [4.69, 9.17) is 0 Å². The summed E-state index contributed by atoms with van der Waals surface area (Å²) in [6.07, 6.45) is 3.28. The Morgan fingerprint density at radius 3 is 2.14 bits per heavy atom. The third-order valence-electron chi connectivity index (χ3n) is 2.88. The lowest BCUT2D eigenvalue weighted by molar-refractivity contribution is 0.219. The molecule has 0 N–H and O–H groups in total. The molecule has 0 saturated carbocycles. The molecule has 0 aliphatic heterocycles. The molecule has 1 unspecified atom stereocenters. The molecule has 0 saturated heterocycles. The number of nitrogens with zero attached hydrogens (tertiary/aromatic N) is 1. The standard InChI is InChI=1S/C13H25N/c1-8-12(6)9-13(10(2)3)14(7)11(4)5/h8,11,13H,2,9H2,1,3-7H3/b12-8+. The summed E-state index contributed by atoms with van der Waals surface area (Å²) < 4.78 is 0. The Kier molecular flexibility index (Phi) is 5.78. The fourth-order valence-corrected chi connectivity index (χ4v) is 1.45. The number of rotatable bonds is 5. The molecule has 1 atom stereocenters. The Bertz CT molecular complexity index is 213. The Morgan fingerprint density at radius 2 is 1.86 bits per heavy atom. The van der Waals surface area contributed by atoms with Crippen LogP contribution in [0.15, 0.2) is 23.8 Å². The molecule has 1 nitrogen and oxygen atoms in total. The fraction of sp³-hybridized carbons (Fsp3) is 0.692. The van der Waals surface area contributed by atoms with Gasteiger partial charge in [-0.25, -0.2) is 0 Å². The molecule has 0 rings (SSSR count). The quantitative estimate of drug-likeness (QED) is 0.606. The van der Waals surface area contributed by atoms with E-state index in [-0.39, 0.29) is 0 Å². The van der Waals surface area contributed by atoms with Gasteiger partial charge >= 0.3 is 0 Å². The molecule has 0 radical (unpaired) electrons. The molecule has 0 fully saturated rings. The van der Waals surface area contributed by atoms with Crippen LogP contribution in [0.3, 0.4) is 0 Å². The molecule has 0 bridgehead atoms. The Morgan fingerprint density at radius 1 is 1.36 bits per heavy atom. The van der Waals surface area contributed by atoms with Crippen LogP contribution < -0.4 is 0 Å². The highest BCUT2D eigenvalue weighted by atomic mass is 15.1. The molecular weight excluding hydrogens is 170 g/mol. The molecule has 0 aromatic carbocycles. The number of hydrogen-bond donors (Lipinski definition) is 0. The average molecular weight is 195 g/mol. The minimum absolute atomic E-state index is 0.478. The normalized spacial score (nSPS) is 15.0. The number of hydrogen-bond acceptors (Lipinski definition) is 1. The van der Waals surface area contributed by atoms with E-state index in [2.05, 4.69) is 59.2 Å². The molecule has 0 amide bonds. The van der Waals surface area contributed by atoms with Gasteiger partial charge in [-0.1, -0.05) is 23.8 Å². The third kappa shape index (κ3) is 4.10. The van der Waals surface area contributed by atoms with Gasteiger partial charge in [-0.2, -0.15) is 0 Å². The molecule has 0 aliphatic carbocycles. The maximum Gasteiger partial charge on any atom is 0.0338 e. The van der Waals surface area contributed by atoms with Gasteiger partial charge in [0.1, 0.15) is 0 Å². The molecule has 82 valence electrons. The Labute approximate surface area is 89.5 Å². The zero-order chi connectivity index (χ0) is 11.3. The van der Waals surface area contributed by atoms with Gasteiger partial charge in [0, 0.05) is 12.1 Å². The zero-order valence-corrected chi connectivity index (χ0v) is 10.6. The van der Waals surface area contributed by atoms with Gasteiger partial charge in [0.2, 0.25) is 0 Å². The molecule has 0 aromatic rings. The largest absolute Gasteiger partial charge is 0.297 e. The van der Waals surface area contributed by atoms with Crippen molar-refractivity contribution in [1.29, 1.82) is 0 Å². The minimum Gasteiger partial charge on any atom is -0.297 e. The summed E-state index contributed by atoms with van der Waals surface area (Å²) >= 11 is 0. The van der Waals surface area contributed by atoms with Crippen LogP contribution in [0.1, 0.15) is 41.0 Å². The third-order valence-corrected chi connectivity index (χ3v) is 2.88. The number of likely N-dealkylation sites (N-methyl/N-ethyl adjacent to an activating group) is 1. The van der Waals surface area contributed by atoms with E-state index in [1.54, 1.807) is 0 Å². The van der Waals surface area contributed by atoms with E-state index in [0.29, 0.717) is 12.1 Å². The second kappa shape index (κ2) is 6.02. The van der Waals surface area contributed by atoms with Crippen LogP contribution in [-0.2, 0) is 0 Å².